The van der Waals surface area contributed by atoms with Gasteiger partial charge in [0.25, 0.3) is 0 Å². The van der Waals surface area contributed by atoms with Gasteiger partial charge in [-0.2, -0.15) is 5.26 Å². The number of furan rings is 2. The van der Waals surface area contributed by atoms with Crippen molar-refractivity contribution in [2.75, 3.05) is 0 Å². The number of hydrogen-bond donors (Lipinski definition) is 0. The van der Waals surface area contributed by atoms with Crippen LogP contribution in [0.1, 0.15) is 11.5 Å². The van der Waals surface area contributed by atoms with Crippen molar-refractivity contribution in [2.45, 2.75) is 6.42 Å². The molecule has 3 heterocycles. The molecule has 4 rings (SSSR count). The van der Waals surface area contributed by atoms with Crippen LogP contribution < -0.4 is 0 Å². The van der Waals surface area contributed by atoms with Gasteiger partial charge >= 0.3 is 0 Å². The standard InChI is InChI=1S/C20H12N2O3S/c21-12-13(17(23)11-14-4-3-9-24-14)10-15-7-8-18(25-15)20-22-16-5-1-2-6-19(16)26-20/h1-10H,11H2/b13-10+. The molecular weight excluding hydrogens is 348 g/mol. The lowest BCUT2D eigenvalue weighted by molar-refractivity contribution is -0.114. The quantitative estimate of drug-likeness (QED) is 0.375. The second-order valence-corrected chi connectivity index (χ2v) is 6.57. The number of ketones is 1. The summed E-state index contributed by atoms with van der Waals surface area (Å²) in [5.74, 6) is 1.24. The number of thiazole rings is 1. The highest BCUT2D eigenvalue weighted by atomic mass is 32.1. The Balaban J connectivity index is 1.59. The van der Waals surface area contributed by atoms with Crippen LogP contribution in [0.25, 0.3) is 27.1 Å². The minimum absolute atomic E-state index is 0.0200. The van der Waals surface area contributed by atoms with Crippen molar-refractivity contribution in [3.8, 4) is 16.8 Å². The molecule has 0 spiro atoms. The minimum Gasteiger partial charge on any atom is -0.469 e. The van der Waals surface area contributed by atoms with E-state index < -0.39 is 0 Å². The van der Waals surface area contributed by atoms with Crippen molar-refractivity contribution in [1.82, 2.24) is 4.98 Å². The van der Waals surface area contributed by atoms with Crippen LogP contribution in [-0.2, 0) is 11.2 Å². The molecule has 126 valence electrons. The first-order valence-corrected chi connectivity index (χ1v) is 8.68. The highest BCUT2D eigenvalue weighted by molar-refractivity contribution is 7.21. The summed E-state index contributed by atoms with van der Waals surface area (Å²) in [4.78, 5) is 16.8. The zero-order valence-electron chi connectivity index (χ0n) is 13.5. The average Bonchev–Trinajstić information content (AvgIpc) is 3.39. The maximum atomic E-state index is 12.2. The Labute approximate surface area is 152 Å². The van der Waals surface area contributed by atoms with E-state index in [4.69, 9.17) is 8.83 Å². The molecule has 5 nitrogen and oxygen atoms in total. The number of nitriles is 1. The minimum atomic E-state index is -0.319. The zero-order chi connectivity index (χ0) is 17.9. The van der Waals surface area contributed by atoms with Crippen LogP contribution in [0, 0.1) is 11.3 Å². The Kier molecular flexibility index (Phi) is 4.22. The van der Waals surface area contributed by atoms with Crippen LogP contribution in [0.4, 0.5) is 0 Å². The maximum Gasteiger partial charge on any atom is 0.181 e. The van der Waals surface area contributed by atoms with E-state index in [2.05, 4.69) is 4.98 Å². The zero-order valence-corrected chi connectivity index (χ0v) is 14.3. The molecule has 0 aliphatic carbocycles. The van der Waals surface area contributed by atoms with Crippen LogP contribution in [0.3, 0.4) is 0 Å². The van der Waals surface area contributed by atoms with Gasteiger partial charge in [-0.3, -0.25) is 4.79 Å². The fourth-order valence-corrected chi connectivity index (χ4v) is 3.43. The molecule has 0 saturated carbocycles. The van der Waals surface area contributed by atoms with Gasteiger partial charge in [-0.05, 0) is 36.4 Å². The van der Waals surface area contributed by atoms with E-state index in [-0.39, 0.29) is 17.8 Å². The van der Waals surface area contributed by atoms with Crippen molar-refractivity contribution < 1.29 is 13.6 Å². The van der Waals surface area contributed by atoms with Gasteiger partial charge in [0, 0.05) is 6.08 Å². The number of aromatic nitrogens is 1. The lowest BCUT2D eigenvalue weighted by Crippen LogP contribution is -2.04. The van der Waals surface area contributed by atoms with Gasteiger partial charge in [0.1, 0.15) is 17.6 Å². The van der Waals surface area contributed by atoms with Crippen LogP contribution in [0.5, 0.6) is 0 Å². The highest BCUT2D eigenvalue weighted by Crippen LogP contribution is 2.31. The number of Topliss-reactive ketones (excluding diaryl/α,β-unsaturated/α-hetero) is 1. The molecule has 0 unspecified atom stereocenters. The number of para-hydroxylation sites is 1. The topological polar surface area (TPSA) is 80.0 Å². The Morgan fingerprint density at radius 3 is 2.85 bits per heavy atom. The summed E-state index contributed by atoms with van der Waals surface area (Å²) < 4.78 is 12.0. The average molecular weight is 360 g/mol. The van der Waals surface area contributed by atoms with Crippen molar-refractivity contribution in [1.29, 1.82) is 5.26 Å². The molecule has 1 aromatic carbocycles. The van der Waals surface area contributed by atoms with Gasteiger partial charge < -0.3 is 8.83 Å². The highest BCUT2D eigenvalue weighted by Gasteiger charge is 2.14. The molecule has 6 heteroatoms. The fourth-order valence-electron chi connectivity index (χ4n) is 2.51. The number of nitrogens with zero attached hydrogens (tertiary/aromatic N) is 2. The maximum absolute atomic E-state index is 12.2. The molecular formula is C20H12N2O3S. The van der Waals surface area contributed by atoms with E-state index in [1.54, 1.807) is 24.3 Å². The van der Waals surface area contributed by atoms with Crippen molar-refractivity contribution >= 4 is 33.4 Å². The summed E-state index contributed by atoms with van der Waals surface area (Å²) >= 11 is 1.53. The molecule has 0 aliphatic heterocycles. The summed E-state index contributed by atoms with van der Waals surface area (Å²) in [6, 6.07) is 16.7. The number of hydrogen-bond acceptors (Lipinski definition) is 6. The predicted octanol–water partition coefficient (Wildman–Crippen LogP) is 4.87. The van der Waals surface area contributed by atoms with Crippen LogP contribution >= 0.6 is 11.3 Å². The Morgan fingerprint density at radius 2 is 2.08 bits per heavy atom. The van der Waals surface area contributed by atoms with E-state index in [0.717, 1.165) is 15.2 Å². The van der Waals surface area contributed by atoms with E-state index >= 15 is 0 Å². The number of carbonyl (C=O) groups excluding carboxylic acids is 1. The Hall–Kier alpha value is -3.43. The molecule has 0 N–H and O–H groups in total. The van der Waals surface area contributed by atoms with Crippen molar-refractivity contribution in [2.24, 2.45) is 0 Å². The van der Waals surface area contributed by atoms with E-state index in [0.29, 0.717) is 17.3 Å². The van der Waals surface area contributed by atoms with Crippen LogP contribution in [-0.4, -0.2) is 10.8 Å². The lowest BCUT2D eigenvalue weighted by Gasteiger charge is -1.96. The molecule has 0 fully saturated rings. The second kappa shape index (κ2) is 6.82. The smallest absolute Gasteiger partial charge is 0.181 e. The molecule has 0 atom stereocenters. The summed E-state index contributed by atoms with van der Waals surface area (Å²) in [7, 11) is 0. The summed E-state index contributed by atoms with van der Waals surface area (Å²) in [6.45, 7) is 0. The molecule has 0 bridgehead atoms. The largest absolute Gasteiger partial charge is 0.469 e. The third-order valence-electron chi connectivity index (χ3n) is 3.75. The lowest BCUT2D eigenvalue weighted by atomic mass is 10.1. The molecule has 0 amide bonds. The van der Waals surface area contributed by atoms with Gasteiger partial charge in [-0.15, -0.1) is 11.3 Å². The first-order chi connectivity index (χ1) is 12.7. The summed E-state index contributed by atoms with van der Waals surface area (Å²) in [6.07, 6.45) is 2.98. The number of carbonyl (C=O) groups is 1. The SMILES string of the molecule is N#C/C(=C\c1ccc(-c2nc3ccccc3s2)o1)C(=O)Cc1ccco1. The number of rotatable bonds is 5. The normalized spacial score (nSPS) is 11.6. The molecule has 0 aliphatic rings. The predicted molar refractivity (Wildman–Crippen MR) is 98.3 cm³/mol. The van der Waals surface area contributed by atoms with E-state index in [1.165, 1.54) is 23.7 Å². The number of allylic oxidation sites excluding steroid dienone is 1. The van der Waals surface area contributed by atoms with Gasteiger partial charge in [0.2, 0.25) is 0 Å². The van der Waals surface area contributed by atoms with Gasteiger partial charge in [-0.25, -0.2) is 4.98 Å². The molecule has 0 saturated heterocycles. The monoisotopic (exact) mass is 360 g/mol. The second-order valence-electron chi connectivity index (χ2n) is 5.54. The van der Waals surface area contributed by atoms with E-state index in [1.807, 2.05) is 30.3 Å². The first kappa shape index (κ1) is 16.1. The van der Waals surface area contributed by atoms with Gasteiger partial charge in [0.15, 0.2) is 16.6 Å². The Bertz CT molecular complexity index is 1110. The van der Waals surface area contributed by atoms with Crippen LogP contribution in [0.2, 0.25) is 0 Å². The van der Waals surface area contributed by atoms with Crippen molar-refractivity contribution in [3.05, 3.63) is 71.9 Å². The molecule has 0 radical (unpaired) electrons. The number of fused-ring (bicyclic) bond motifs is 1. The third-order valence-corrected chi connectivity index (χ3v) is 4.80. The summed E-state index contributed by atoms with van der Waals surface area (Å²) in [5, 5.41) is 10.0. The molecule has 26 heavy (non-hydrogen) atoms. The molecule has 3 aromatic heterocycles. The van der Waals surface area contributed by atoms with Gasteiger partial charge in [-0.1, -0.05) is 12.1 Å². The molecule has 4 aromatic rings. The van der Waals surface area contributed by atoms with Crippen LogP contribution in [0.15, 0.2) is 69.2 Å². The van der Waals surface area contributed by atoms with Gasteiger partial charge in [0.05, 0.1) is 28.5 Å². The summed E-state index contributed by atoms with van der Waals surface area (Å²) in [5.41, 5.74) is 0.930. The third kappa shape index (κ3) is 3.21. The fraction of sp³-hybridized carbons (Fsp3) is 0.0500. The Morgan fingerprint density at radius 1 is 1.19 bits per heavy atom. The van der Waals surface area contributed by atoms with E-state index in [9.17, 15) is 10.1 Å². The van der Waals surface area contributed by atoms with Crippen molar-refractivity contribution in [3.63, 3.8) is 0 Å². The number of benzene rings is 1. The first-order valence-electron chi connectivity index (χ1n) is 7.86.